The zero-order valence-electron chi connectivity index (χ0n) is 9.13. The van der Waals surface area contributed by atoms with Crippen molar-refractivity contribution in [2.45, 2.75) is 24.5 Å². The number of imide groups is 1. The van der Waals surface area contributed by atoms with Crippen molar-refractivity contribution in [3.8, 4) is 0 Å². The number of carbonyl (C=O) groups excluding carboxylic acids is 3. The van der Waals surface area contributed by atoms with Crippen LogP contribution in [0.3, 0.4) is 0 Å². The number of thioether (sulfide) groups is 1. The molecule has 2 fully saturated rings. The van der Waals surface area contributed by atoms with E-state index in [1.807, 2.05) is 0 Å². The summed E-state index contributed by atoms with van der Waals surface area (Å²) >= 11 is 5.85. The fourth-order valence-electron chi connectivity index (χ4n) is 1.82. The van der Waals surface area contributed by atoms with E-state index >= 15 is 0 Å². The number of rotatable bonds is 3. The SMILES string of the molecule is O=C(ON1C(=O)CCC1=O)[C@@H]1CS[C@@H](CS)C1. The first-order chi connectivity index (χ1) is 8.11. The van der Waals surface area contributed by atoms with Gasteiger partial charge >= 0.3 is 5.97 Å². The van der Waals surface area contributed by atoms with Gasteiger partial charge in [0.2, 0.25) is 0 Å². The highest BCUT2D eigenvalue weighted by molar-refractivity contribution is 8.00. The summed E-state index contributed by atoms with van der Waals surface area (Å²) in [6, 6.07) is 0. The minimum Gasteiger partial charge on any atom is -0.330 e. The third kappa shape index (κ3) is 2.77. The van der Waals surface area contributed by atoms with E-state index in [1.54, 1.807) is 11.8 Å². The highest BCUT2D eigenvalue weighted by atomic mass is 32.2. The topological polar surface area (TPSA) is 63.7 Å². The minimum absolute atomic E-state index is 0.130. The molecule has 2 aliphatic heterocycles. The van der Waals surface area contributed by atoms with Crippen LogP contribution in [0.2, 0.25) is 0 Å². The van der Waals surface area contributed by atoms with E-state index in [0.29, 0.717) is 22.5 Å². The summed E-state index contributed by atoms with van der Waals surface area (Å²) in [6.07, 6.45) is 0.957. The number of nitrogens with zero attached hydrogens (tertiary/aromatic N) is 1. The molecule has 0 unspecified atom stereocenters. The third-order valence-corrected chi connectivity index (χ3v) is 4.92. The van der Waals surface area contributed by atoms with E-state index in [2.05, 4.69) is 12.6 Å². The molecule has 2 amide bonds. The second-order valence-electron chi connectivity index (χ2n) is 4.06. The van der Waals surface area contributed by atoms with Crippen molar-refractivity contribution in [3.63, 3.8) is 0 Å². The smallest absolute Gasteiger partial charge is 0.330 e. The quantitative estimate of drug-likeness (QED) is 0.605. The van der Waals surface area contributed by atoms with Gasteiger partial charge in [0.1, 0.15) is 0 Å². The summed E-state index contributed by atoms with van der Waals surface area (Å²) in [6.45, 7) is 0. The van der Waals surface area contributed by atoms with Crippen LogP contribution in [0.15, 0.2) is 0 Å². The van der Waals surface area contributed by atoms with Gasteiger partial charge in [-0.2, -0.15) is 24.4 Å². The molecule has 2 atom stereocenters. The zero-order valence-corrected chi connectivity index (χ0v) is 10.8. The minimum atomic E-state index is -0.481. The van der Waals surface area contributed by atoms with Crippen molar-refractivity contribution in [1.82, 2.24) is 5.06 Å². The van der Waals surface area contributed by atoms with E-state index in [1.165, 1.54) is 0 Å². The van der Waals surface area contributed by atoms with Crippen LogP contribution in [0.1, 0.15) is 19.3 Å². The average Bonchev–Trinajstić information content (AvgIpc) is 2.90. The second kappa shape index (κ2) is 5.30. The average molecular weight is 275 g/mol. The van der Waals surface area contributed by atoms with Gasteiger partial charge in [-0.15, -0.1) is 5.06 Å². The number of hydroxylamine groups is 2. The molecule has 0 aromatic heterocycles. The summed E-state index contributed by atoms with van der Waals surface area (Å²) in [5.41, 5.74) is 0. The number of amides is 2. The van der Waals surface area contributed by atoms with Gasteiger partial charge in [-0.1, -0.05) is 0 Å². The fourth-order valence-corrected chi connectivity index (χ4v) is 3.54. The Bertz CT molecular complexity index is 344. The van der Waals surface area contributed by atoms with Crippen LogP contribution in [0, 0.1) is 5.92 Å². The predicted molar refractivity (Wildman–Crippen MR) is 65.4 cm³/mol. The fraction of sp³-hybridized carbons (Fsp3) is 0.700. The monoisotopic (exact) mass is 275 g/mol. The Labute approximate surface area is 109 Å². The molecule has 17 heavy (non-hydrogen) atoms. The molecular formula is C10H13NO4S2. The van der Waals surface area contributed by atoms with Gasteiger partial charge in [0, 0.05) is 29.6 Å². The lowest BCUT2D eigenvalue weighted by Crippen LogP contribution is -2.34. The largest absolute Gasteiger partial charge is 0.337 e. The van der Waals surface area contributed by atoms with Gasteiger partial charge in [0.05, 0.1) is 5.92 Å². The molecule has 5 nitrogen and oxygen atoms in total. The number of hydrogen-bond acceptors (Lipinski definition) is 6. The van der Waals surface area contributed by atoms with Crippen molar-refractivity contribution in [2.24, 2.45) is 5.92 Å². The Morgan fingerprint density at radius 3 is 2.59 bits per heavy atom. The highest BCUT2D eigenvalue weighted by Gasteiger charge is 2.37. The number of hydrogen-bond donors (Lipinski definition) is 1. The summed E-state index contributed by atoms with van der Waals surface area (Å²) < 4.78 is 0. The summed E-state index contributed by atoms with van der Waals surface area (Å²) in [5.74, 6) is -0.195. The standard InChI is InChI=1S/C10H13NO4S2/c12-8-1-2-9(13)11(8)15-10(14)6-3-7(4-16)17-5-6/h6-7,16H,1-5H2/t6-,7+/m0/s1. The molecule has 0 radical (unpaired) electrons. The van der Waals surface area contributed by atoms with Crippen LogP contribution in [0.4, 0.5) is 0 Å². The zero-order chi connectivity index (χ0) is 12.4. The summed E-state index contributed by atoms with van der Waals surface area (Å²) in [4.78, 5) is 39.1. The molecule has 0 aliphatic carbocycles. The van der Waals surface area contributed by atoms with Gasteiger partial charge < -0.3 is 4.84 Å². The molecule has 0 N–H and O–H groups in total. The van der Waals surface area contributed by atoms with E-state index in [9.17, 15) is 14.4 Å². The molecule has 0 aromatic rings. The lowest BCUT2D eigenvalue weighted by molar-refractivity contribution is -0.200. The maximum absolute atomic E-state index is 11.7. The number of carbonyl (C=O) groups is 3. The van der Waals surface area contributed by atoms with Crippen LogP contribution in [-0.4, -0.2) is 39.6 Å². The molecule has 2 aliphatic rings. The Morgan fingerprint density at radius 2 is 2.06 bits per heavy atom. The van der Waals surface area contributed by atoms with Crippen LogP contribution >= 0.6 is 24.4 Å². The maximum atomic E-state index is 11.7. The molecule has 2 heterocycles. The van der Waals surface area contributed by atoms with Gasteiger partial charge in [-0.05, 0) is 6.42 Å². The van der Waals surface area contributed by atoms with Crippen LogP contribution in [0.5, 0.6) is 0 Å². The van der Waals surface area contributed by atoms with E-state index in [0.717, 1.165) is 5.75 Å². The van der Waals surface area contributed by atoms with Crippen LogP contribution < -0.4 is 0 Å². The van der Waals surface area contributed by atoms with Gasteiger partial charge in [0.25, 0.3) is 11.8 Å². The Balaban J connectivity index is 1.89. The van der Waals surface area contributed by atoms with E-state index in [-0.39, 0.29) is 18.8 Å². The lowest BCUT2D eigenvalue weighted by Gasteiger charge is -2.15. The summed E-state index contributed by atoms with van der Waals surface area (Å²) in [7, 11) is 0. The Kier molecular flexibility index (Phi) is 3.98. The van der Waals surface area contributed by atoms with E-state index < -0.39 is 17.8 Å². The van der Waals surface area contributed by atoms with Crippen molar-refractivity contribution in [3.05, 3.63) is 0 Å². The van der Waals surface area contributed by atoms with Crippen LogP contribution in [0.25, 0.3) is 0 Å². The van der Waals surface area contributed by atoms with Gasteiger partial charge in [-0.3, -0.25) is 9.59 Å². The molecule has 0 aromatic carbocycles. The molecule has 0 bridgehead atoms. The second-order valence-corrected chi connectivity index (χ2v) is 5.76. The third-order valence-electron chi connectivity index (χ3n) is 2.80. The molecular weight excluding hydrogens is 262 g/mol. The Morgan fingerprint density at radius 1 is 1.41 bits per heavy atom. The number of thiol groups is 1. The first-order valence-corrected chi connectivity index (χ1v) is 7.10. The van der Waals surface area contributed by atoms with E-state index in [4.69, 9.17) is 4.84 Å². The van der Waals surface area contributed by atoms with Crippen LogP contribution in [-0.2, 0) is 19.2 Å². The summed E-state index contributed by atoms with van der Waals surface area (Å²) in [5, 5.41) is 0.960. The highest BCUT2D eigenvalue weighted by Crippen LogP contribution is 2.33. The normalized spacial score (nSPS) is 28.9. The molecule has 0 spiro atoms. The Hall–Kier alpha value is -0.690. The molecule has 0 saturated carbocycles. The van der Waals surface area contributed by atoms with Crippen molar-refractivity contribution < 1.29 is 19.2 Å². The first kappa shape index (κ1) is 12.8. The van der Waals surface area contributed by atoms with Crippen molar-refractivity contribution >= 4 is 42.2 Å². The molecule has 7 heteroatoms. The van der Waals surface area contributed by atoms with Gasteiger partial charge in [0.15, 0.2) is 0 Å². The first-order valence-electron chi connectivity index (χ1n) is 5.42. The van der Waals surface area contributed by atoms with Crippen molar-refractivity contribution in [2.75, 3.05) is 11.5 Å². The molecule has 2 rings (SSSR count). The predicted octanol–water partition coefficient (Wildman–Crippen LogP) is 0.645. The van der Waals surface area contributed by atoms with Crippen molar-refractivity contribution in [1.29, 1.82) is 0 Å². The molecule has 2 saturated heterocycles. The lowest BCUT2D eigenvalue weighted by atomic mass is 10.1. The maximum Gasteiger partial charge on any atom is 0.337 e. The van der Waals surface area contributed by atoms with Gasteiger partial charge in [-0.25, -0.2) is 4.79 Å². The molecule has 94 valence electrons.